The van der Waals surface area contributed by atoms with Crippen LogP contribution < -0.4 is 9.47 Å². The predicted octanol–water partition coefficient (Wildman–Crippen LogP) is 4.02. The summed E-state index contributed by atoms with van der Waals surface area (Å²) in [5.41, 5.74) is 3.26. The van der Waals surface area contributed by atoms with E-state index in [4.69, 9.17) is 21.1 Å². The van der Waals surface area contributed by atoms with Gasteiger partial charge in [0.1, 0.15) is 18.1 Å². The number of hydrogen-bond acceptors (Lipinski definition) is 5. The molecule has 0 radical (unpaired) electrons. The van der Waals surface area contributed by atoms with Crippen LogP contribution >= 0.6 is 11.6 Å². The van der Waals surface area contributed by atoms with Crippen molar-refractivity contribution in [1.29, 1.82) is 0 Å². The number of nitrogens with zero attached hydrogens (tertiary/aromatic N) is 3. The number of hydrogen-bond donors (Lipinski definition) is 0. The number of benzene rings is 2. The molecule has 0 spiro atoms. The minimum atomic E-state index is -0.0117. The van der Waals surface area contributed by atoms with Crippen molar-refractivity contribution in [3.63, 3.8) is 0 Å². The monoisotopic (exact) mass is 453 g/mol. The van der Waals surface area contributed by atoms with E-state index >= 15 is 0 Å². The van der Waals surface area contributed by atoms with Gasteiger partial charge in [-0.3, -0.25) is 9.69 Å². The molecule has 32 heavy (non-hydrogen) atoms. The average molecular weight is 454 g/mol. The van der Waals surface area contributed by atoms with Gasteiger partial charge < -0.3 is 18.9 Å². The SMILES string of the molecule is COc1ccc(C(=O)c2c(C)n3c4c(cc(Cl)cc24)OCC3CN2CCN(C)CC2)cc1. The molecule has 6 nitrogen and oxygen atoms in total. The number of methoxy groups -OCH3 is 1. The van der Waals surface area contributed by atoms with E-state index in [0.717, 1.165) is 60.8 Å². The molecule has 0 aliphatic carbocycles. The molecule has 2 aromatic carbocycles. The van der Waals surface area contributed by atoms with Crippen molar-refractivity contribution in [2.45, 2.75) is 13.0 Å². The fourth-order valence-electron chi connectivity index (χ4n) is 4.96. The Morgan fingerprint density at radius 2 is 1.88 bits per heavy atom. The summed E-state index contributed by atoms with van der Waals surface area (Å²) in [6, 6.07) is 11.2. The molecule has 0 bridgehead atoms. The number of likely N-dealkylation sites (N-methyl/N-ethyl adjacent to an activating group) is 1. The fourth-order valence-corrected chi connectivity index (χ4v) is 5.17. The van der Waals surface area contributed by atoms with E-state index in [1.165, 1.54) is 0 Å². The number of carbonyl (C=O) groups excluding carboxylic acids is 1. The summed E-state index contributed by atoms with van der Waals surface area (Å²) in [6.07, 6.45) is 0. The molecule has 0 saturated carbocycles. The van der Waals surface area contributed by atoms with Crippen LogP contribution in [0.4, 0.5) is 0 Å². The van der Waals surface area contributed by atoms with Crippen LogP contribution in [0.1, 0.15) is 27.7 Å². The number of ether oxygens (including phenoxy) is 2. The maximum atomic E-state index is 13.6. The lowest BCUT2D eigenvalue weighted by Gasteiger charge is -2.36. The predicted molar refractivity (Wildman–Crippen MR) is 127 cm³/mol. The first-order chi connectivity index (χ1) is 15.5. The smallest absolute Gasteiger partial charge is 0.195 e. The molecule has 1 saturated heterocycles. The first-order valence-corrected chi connectivity index (χ1v) is 11.4. The van der Waals surface area contributed by atoms with Gasteiger partial charge in [0.25, 0.3) is 0 Å². The molecule has 3 heterocycles. The number of aromatic nitrogens is 1. The maximum Gasteiger partial charge on any atom is 0.195 e. The highest BCUT2D eigenvalue weighted by Gasteiger charge is 2.32. The zero-order valence-corrected chi connectivity index (χ0v) is 19.5. The number of piperazine rings is 1. The third kappa shape index (κ3) is 3.66. The Kier molecular flexibility index (Phi) is 5.61. The lowest BCUT2D eigenvalue weighted by Crippen LogP contribution is -2.47. The summed E-state index contributed by atoms with van der Waals surface area (Å²) in [5, 5.41) is 1.43. The molecule has 168 valence electrons. The minimum absolute atomic E-state index is 0.0117. The second-order valence-corrected chi connectivity index (χ2v) is 9.19. The van der Waals surface area contributed by atoms with Gasteiger partial charge in [0.2, 0.25) is 0 Å². The molecule has 1 fully saturated rings. The van der Waals surface area contributed by atoms with Gasteiger partial charge in [-0.15, -0.1) is 0 Å². The molecule has 2 aliphatic heterocycles. The van der Waals surface area contributed by atoms with Gasteiger partial charge in [-0.05, 0) is 44.3 Å². The van der Waals surface area contributed by atoms with E-state index in [0.29, 0.717) is 22.8 Å². The number of halogens is 1. The number of carbonyl (C=O) groups is 1. The van der Waals surface area contributed by atoms with E-state index in [-0.39, 0.29) is 11.8 Å². The van der Waals surface area contributed by atoms with Gasteiger partial charge in [0, 0.05) is 60.5 Å². The molecule has 7 heteroatoms. The topological polar surface area (TPSA) is 46.9 Å². The summed E-state index contributed by atoms with van der Waals surface area (Å²) >= 11 is 6.43. The third-order valence-electron chi connectivity index (χ3n) is 6.71. The van der Waals surface area contributed by atoms with E-state index < -0.39 is 0 Å². The summed E-state index contributed by atoms with van der Waals surface area (Å²) in [7, 11) is 3.78. The standard InChI is InChI=1S/C25H28ClN3O3/c1-16-23(25(30)17-4-6-20(31-3)7-5-17)21-12-18(26)13-22-24(21)29(16)19(15-32-22)14-28-10-8-27(2)9-11-28/h4-7,12-13,19H,8-11,14-15H2,1-3H3. The molecule has 1 atom stereocenters. The van der Waals surface area contributed by atoms with Crippen LogP contribution in [0.15, 0.2) is 36.4 Å². The normalized spacial score (nSPS) is 19.2. The molecule has 3 aromatic rings. The molecule has 1 aromatic heterocycles. The van der Waals surface area contributed by atoms with Gasteiger partial charge in [0.15, 0.2) is 5.78 Å². The zero-order valence-electron chi connectivity index (χ0n) is 18.7. The molecule has 0 N–H and O–H groups in total. The third-order valence-corrected chi connectivity index (χ3v) is 6.93. The summed E-state index contributed by atoms with van der Waals surface area (Å²) in [6.45, 7) is 7.74. The van der Waals surface area contributed by atoms with Crippen molar-refractivity contribution < 1.29 is 14.3 Å². The highest BCUT2D eigenvalue weighted by atomic mass is 35.5. The van der Waals surface area contributed by atoms with Crippen molar-refractivity contribution in [3.8, 4) is 11.5 Å². The molecule has 1 unspecified atom stereocenters. The highest BCUT2D eigenvalue weighted by Crippen LogP contribution is 2.41. The van der Waals surface area contributed by atoms with Crippen LogP contribution in [0, 0.1) is 6.92 Å². The second-order valence-electron chi connectivity index (χ2n) is 8.76. The molecular weight excluding hydrogens is 426 g/mol. The summed E-state index contributed by atoms with van der Waals surface area (Å²) in [4.78, 5) is 18.5. The van der Waals surface area contributed by atoms with Crippen molar-refractivity contribution in [1.82, 2.24) is 14.4 Å². The molecule has 0 amide bonds. The maximum absolute atomic E-state index is 13.6. The van der Waals surface area contributed by atoms with Gasteiger partial charge in [0.05, 0.1) is 24.2 Å². The van der Waals surface area contributed by atoms with Crippen LogP contribution in [0.3, 0.4) is 0 Å². The van der Waals surface area contributed by atoms with Crippen LogP contribution in [0.2, 0.25) is 5.02 Å². The van der Waals surface area contributed by atoms with Crippen LogP contribution in [0.25, 0.3) is 10.9 Å². The lowest BCUT2D eigenvalue weighted by molar-refractivity contribution is 0.103. The Labute approximate surface area is 193 Å². The van der Waals surface area contributed by atoms with Gasteiger partial charge in [-0.1, -0.05) is 11.6 Å². The quantitative estimate of drug-likeness (QED) is 0.546. The molecular formula is C25H28ClN3O3. The average Bonchev–Trinajstić information content (AvgIpc) is 3.09. The van der Waals surface area contributed by atoms with Crippen molar-refractivity contribution in [2.24, 2.45) is 0 Å². The van der Waals surface area contributed by atoms with Gasteiger partial charge >= 0.3 is 0 Å². The Morgan fingerprint density at radius 3 is 2.56 bits per heavy atom. The van der Waals surface area contributed by atoms with E-state index in [1.54, 1.807) is 7.11 Å². The van der Waals surface area contributed by atoms with E-state index in [9.17, 15) is 4.79 Å². The zero-order chi connectivity index (χ0) is 22.4. The first-order valence-electron chi connectivity index (χ1n) is 11.0. The first kappa shape index (κ1) is 21.3. The van der Waals surface area contributed by atoms with Gasteiger partial charge in [-0.2, -0.15) is 0 Å². The van der Waals surface area contributed by atoms with Crippen molar-refractivity contribution in [2.75, 3.05) is 53.5 Å². The Balaban J connectivity index is 1.58. The fraction of sp³-hybridized carbons (Fsp3) is 0.400. The Bertz CT molecular complexity index is 1160. The Hall–Kier alpha value is -2.54. The van der Waals surface area contributed by atoms with Crippen LogP contribution in [0.5, 0.6) is 11.5 Å². The van der Waals surface area contributed by atoms with Crippen molar-refractivity contribution in [3.05, 3.63) is 58.2 Å². The molecule has 2 aliphatic rings. The van der Waals surface area contributed by atoms with E-state index in [1.807, 2.05) is 43.3 Å². The minimum Gasteiger partial charge on any atom is -0.497 e. The number of ketones is 1. The van der Waals surface area contributed by atoms with Crippen LogP contribution in [-0.2, 0) is 0 Å². The lowest BCUT2D eigenvalue weighted by atomic mass is 10.0. The number of rotatable bonds is 5. The molecule has 5 rings (SSSR count). The summed E-state index contributed by atoms with van der Waals surface area (Å²) in [5.74, 6) is 1.46. The largest absolute Gasteiger partial charge is 0.497 e. The van der Waals surface area contributed by atoms with E-state index in [2.05, 4.69) is 21.4 Å². The summed E-state index contributed by atoms with van der Waals surface area (Å²) < 4.78 is 13.7. The van der Waals surface area contributed by atoms with Crippen LogP contribution in [-0.4, -0.2) is 73.6 Å². The van der Waals surface area contributed by atoms with Crippen molar-refractivity contribution >= 4 is 28.3 Å². The Morgan fingerprint density at radius 1 is 1.16 bits per heavy atom. The van der Waals surface area contributed by atoms with Gasteiger partial charge in [-0.25, -0.2) is 0 Å². The second kappa shape index (κ2) is 8.43. The highest BCUT2D eigenvalue weighted by molar-refractivity contribution is 6.32.